The highest BCUT2D eigenvalue weighted by atomic mass is 127. The van der Waals surface area contributed by atoms with Gasteiger partial charge in [-0.15, -0.1) is 24.0 Å². The molecule has 0 bridgehead atoms. The number of ether oxygens (including phenoxy) is 1. The van der Waals surface area contributed by atoms with Gasteiger partial charge in [0, 0.05) is 39.8 Å². The van der Waals surface area contributed by atoms with Crippen molar-refractivity contribution in [2.45, 2.75) is 46.6 Å². The zero-order valence-electron chi connectivity index (χ0n) is 16.9. The number of guanidine groups is 1. The van der Waals surface area contributed by atoms with Gasteiger partial charge in [-0.05, 0) is 19.8 Å². The maximum absolute atomic E-state index is 12.4. The number of aliphatic imine (C=N–C) groups is 1. The van der Waals surface area contributed by atoms with Crippen LogP contribution < -0.4 is 5.32 Å². The monoisotopic (exact) mass is 504 g/mol. The standard InChI is InChI=1S/C17H36N4O3S.HI/c1-6-16(7-2)14-19-17(18-5)20-8-10-21(11-9-20)25(22,23)13-12-24-15(3)4;/h15-16H,6-14H2,1-5H3,(H,18,19);1H. The van der Waals surface area contributed by atoms with Crippen LogP contribution in [0.5, 0.6) is 0 Å². The number of halogens is 1. The van der Waals surface area contributed by atoms with Crippen LogP contribution in [0.3, 0.4) is 0 Å². The molecule has 0 amide bonds. The van der Waals surface area contributed by atoms with Gasteiger partial charge in [-0.2, -0.15) is 4.31 Å². The van der Waals surface area contributed by atoms with Crippen LogP contribution in [-0.4, -0.2) is 81.8 Å². The molecule has 0 unspecified atom stereocenters. The van der Waals surface area contributed by atoms with Gasteiger partial charge in [0.25, 0.3) is 0 Å². The van der Waals surface area contributed by atoms with Crippen molar-refractivity contribution in [1.29, 1.82) is 0 Å². The molecule has 1 fully saturated rings. The number of piperazine rings is 1. The van der Waals surface area contributed by atoms with Crippen molar-refractivity contribution in [1.82, 2.24) is 14.5 Å². The molecule has 0 aliphatic carbocycles. The minimum atomic E-state index is -3.25. The van der Waals surface area contributed by atoms with Crippen LogP contribution in [0.1, 0.15) is 40.5 Å². The molecule has 1 aliphatic heterocycles. The zero-order chi connectivity index (χ0) is 18.9. The van der Waals surface area contributed by atoms with Gasteiger partial charge >= 0.3 is 0 Å². The highest BCUT2D eigenvalue weighted by Crippen LogP contribution is 2.10. The van der Waals surface area contributed by atoms with E-state index >= 15 is 0 Å². The molecule has 0 radical (unpaired) electrons. The van der Waals surface area contributed by atoms with Gasteiger partial charge in [-0.1, -0.05) is 26.7 Å². The third-order valence-corrected chi connectivity index (χ3v) is 6.47. The van der Waals surface area contributed by atoms with E-state index in [4.69, 9.17) is 4.74 Å². The quantitative estimate of drug-likeness (QED) is 0.296. The molecule has 26 heavy (non-hydrogen) atoms. The fourth-order valence-corrected chi connectivity index (χ4v) is 4.13. The topological polar surface area (TPSA) is 74.2 Å². The molecule has 1 rings (SSSR count). The molecule has 1 aliphatic rings. The van der Waals surface area contributed by atoms with E-state index in [1.54, 1.807) is 11.4 Å². The molecule has 7 nitrogen and oxygen atoms in total. The average molecular weight is 504 g/mol. The average Bonchev–Trinajstić information content (AvgIpc) is 2.58. The predicted octanol–water partition coefficient (Wildman–Crippen LogP) is 1.99. The molecule has 1 saturated heterocycles. The Hall–Kier alpha value is -0.130. The lowest BCUT2D eigenvalue weighted by Crippen LogP contribution is -2.54. The number of nitrogens with one attached hydrogen (secondary N) is 1. The summed E-state index contributed by atoms with van der Waals surface area (Å²) < 4.78 is 31.7. The number of sulfonamides is 1. The molecule has 0 aromatic carbocycles. The van der Waals surface area contributed by atoms with Gasteiger partial charge in [-0.25, -0.2) is 8.42 Å². The van der Waals surface area contributed by atoms with Crippen molar-refractivity contribution in [3.05, 3.63) is 0 Å². The lowest BCUT2D eigenvalue weighted by Gasteiger charge is -2.36. The van der Waals surface area contributed by atoms with E-state index < -0.39 is 10.0 Å². The van der Waals surface area contributed by atoms with Crippen LogP contribution >= 0.6 is 24.0 Å². The Bertz CT molecular complexity index is 502. The van der Waals surface area contributed by atoms with Crippen LogP contribution in [0.2, 0.25) is 0 Å². The van der Waals surface area contributed by atoms with E-state index in [0.29, 0.717) is 32.1 Å². The number of nitrogens with zero attached hydrogens (tertiary/aromatic N) is 3. The highest BCUT2D eigenvalue weighted by molar-refractivity contribution is 14.0. The van der Waals surface area contributed by atoms with Gasteiger partial charge in [-0.3, -0.25) is 4.99 Å². The second-order valence-corrected chi connectivity index (χ2v) is 8.82. The fourth-order valence-electron chi connectivity index (χ4n) is 2.84. The first-order valence-electron chi connectivity index (χ1n) is 9.39. The summed E-state index contributed by atoms with van der Waals surface area (Å²) in [5.74, 6) is 1.55. The predicted molar refractivity (Wildman–Crippen MR) is 119 cm³/mol. The summed E-state index contributed by atoms with van der Waals surface area (Å²) in [6, 6.07) is 0. The molecule has 156 valence electrons. The molecule has 0 atom stereocenters. The summed E-state index contributed by atoms with van der Waals surface area (Å²) in [6.45, 7) is 11.7. The van der Waals surface area contributed by atoms with Crippen molar-refractivity contribution < 1.29 is 13.2 Å². The smallest absolute Gasteiger partial charge is 0.216 e. The second kappa shape index (κ2) is 13.1. The van der Waals surface area contributed by atoms with Crippen LogP contribution in [0, 0.1) is 5.92 Å². The van der Waals surface area contributed by atoms with E-state index in [1.807, 2.05) is 13.8 Å². The van der Waals surface area contributed by atoms with E-state index in [-0.39, 0.29) is 42.4 Å². The lowest BCUT2D eigenvalue weighted by atomic mass is 10.0. The maximum Gasteiger partial charge on any atom is 0.216 e. The summed E-state index contributed by atoms with van der Waals surface area (Å²) >= 11 is 0. The molecule has 1 heterocycles. The number of hydrogen-bond acceptors (Lipinski definition) is 4. The van der Waals surface area contributed by atoms with Crippen molar-refractivity contribution in [2.75, 3.05) is 52.1 Å². The normalized spacial score (nSPS) is 16.9. The SMILES string of the molecule is CCC(CC)CNC(=NC)N1CCN(S(=O)(=O)CCOC(C)C)CC1.I. The summed E-state index contributed by atoms with van der Waals surface area (Å²) in [4.78, 5) is 6.49. The van der Waals surface area contributed by atoms with Crippen LogP contribution in [0.15, 0.2) is 4.99 Å². The van der Waals surface area contributed by atoms with Crippen LogP contribution in [0.25, 0.3) is 0 Å². The van der Waals surface area contributed by atoms with Crippen LogP contribution in [-0.2, 0) is 14.8 Å². The van der Waals surface area contributed by atoms with Crippen molar-refractivity contribution in [2.24, 2.45) is 10.9 Å². The summed E-state index contributed by atoms with van der Waals surface area (Å²) in [7, 11) is -1.47. The number of rotatable bonds is 9. The Morgan fingerprint density at radius 1 is 1.15 bits per heavy atom. The van der Waals surface area contributed by atoms with Crippen LogP contribution in [0.4, 0.5) is 0 Å². The first kappa shape index (κ1) is 25.9. The van der Waals surface area contributed by atoms with Gasteiger partial charge < -0.3 is 15.0 Å². The summed E-state index contributed by atoms with van der Waals surface area (Å²) in [6.07, 6.45) is 2.34. The van der Waals surface area contributed by atoms with E-state index in [0.717, 1.165) is 25.3 Å². The van der Waals surface area contributed by atoms with Gasteiger partial charge in [0.1, 0.15) is 0 Å². The summed E-state index contributed by atoms with van der Waals surface area (Å²) in [5, 5.41) is 3.43. The minimum Gasteiger partial charge on any atom is -0.378 e. The fraction of sp³-hybridized carbons (Fsp3) is 0.941. The molecule has 0 spiro atoms. The maximum atomic E-state index is 12.4. The van der Waals surface area contributed by atoms with E-state index in [9.17, 15) is 8.42 Å². The Kier molecular flexibility index (Phi) is 13.0. The Morgan fingerprint density at radius 3 is 2.19 bits per heavy atom. The highest BCUT2D eigenvalue weighted by Gasteiger charge is 2.28. The molecule has 9 heteroatoms. The molecule has 0 aromatic heterocycles. The largest absolute Gasteiger partial charge is 0.378 e. The zero-order valence-corrected chi connectivity index (χ0v) is 20.0. The van der Waals surface area contributed by atoms with Gasteiger partial charge in [0.15, 0.2) is 5.96 Å². The van der Waals surface area contributed by atoms with Gasteiger partial charge in [0.2, 0.25) is 10.0 Å². The third-order valence-electron chi connectivity index (χ3n) is 4.64. The first-order valence-corrected chi connectivity index (χ1v) is 11.0. The Balaban J connectivity index is 0.00000625. The number of hydrogen-bond donors (Lipinski definition) is 1. The lowest BCUT2D eigenvalue weighted by molar-refractivity contribution is 0.0904. The van der Waals surface area contributed by atoms with E-state index in [1.165, 1.54) is 0 Å². The molecule has 0 aromatic rings. The van der Waals surface area contributed by atoms with Crippen molar-refractivity contribution in [3.8, 4) is 0 Å². The first-order chi connectivity index (χ1) is 11.8. The molecular weight excluding hydrogens is 467 g/mol. The summed E-state index contributed by atoms with van der Waals surface area (Å²) in [5.41, 5.74) is 0. The molecule has 1 N–H and O–H groups in total. The Labute approximate surface area is 177 Å². The van der Waals surface area contributed by atoms with E-state index in [2.05, 4.69) is 29.1 Å². The van der Waals surface area contributed by atoms with Crippen molar-refractivity contribution in [3.63, 3.8) is 0 Å². The molecular formula is C17H37IN4O3S. The Morgan fingerprint density at radius 2 is 1.73 bits per heavy atom. The van der Waals surface area contributed by atoms with Gasteiger partial charge in [0.05, 0.1) is 18.5 Å². The van der Waals surface area contributed by atoms with Crippen molar-refractivity contribution >= 4 is 40.0 Å². The second-order valence-electron chi connectivity index (χ2n) is 6.73. The third kappa shape index (κ3) is 8.71. The molecule has 0 saturated carbocycles. The minimum absolute atomic E-state index is 0.